The molecule has 10 aliphatic rings. The average molecular weight is 1480 g/mol. The third-order valence-corrected chi connectivity index (χ3v) is 24.2. The van der Waals surface area contributed by atoms with Crippen LogP contribution in [0.2, 0.25) is 0 Å². The second-order valence-electron chi connectivity index (χ2n) is 29.9. The Morgan fingerprint density at radius 2 is 0.735 bits per heavy atom. The SMILES string of the molecule is CCC[C@@H](C)[C@H]1CC[C@H]2[C@@H]3[C@H](OCCO[C@@H]4O[C@H](CO)[C@@H](O[C@H]5O[C@H](CO)[C@@H](O)[C@H](O)[C@H]5O)[C@H](O)[C@H]4O)C[C@@H]4C[C@H](OCCO[C@@H]5O[C@H](CO)[C@@H](O[C@H]6O[C@H](CO)[C@@H](O)[C@H](O)[C@H]6O)[C@H](O)[C@H]5O)CC[C@]4(C)[C@H]3C[C@H](OCCO[C@@H]3O[C@H](CO)[C@@H](O[C@H]4O[C@H](CO)[C@@H](O)[C@H](O)[C@H]4O)[C@H](O)[C@H]3O)[C@]12C. The van der Waals surface area contributed by atoms with Crippen LogP contribution in [0.25, 0.3) is 0 Å². The fourth-order valence-corrected chi connectivity index (χ4v) is 18.5. The highest BCUT2D eigenvalue weighted by Crippen LogP contribution is 2.69. The minimum Gasteiger partial charge on any atom is -0.394 e. The van der Waals surface area contributed by atoms with Crippen LogP contribution in [0.5, 0.6) is 0 Å². The van der Waals surface area contributed by atoms with E-state index in [0.717, 1.165) is 32.1 Å². The van der Waals surface area contributed by atoms with Crippen molar-refractivity contribution in [3.05, 3.63) is 0 Å². The minimum absolute atomic E-state index is 0.00499. The highest BCUT2D eigenvalue weighted by molar-refractivity contribution is 5.15. The van der Waals surface area contributed by atoms with Crippen LogP contribution in [-0.2, 0) is 71.1 Å². The van der Waals surface area contributed by atoms with Crippen molar-refractivity contribution >= 4 is 0 Å². The van der Waals surface area contributed by atoms with Crippen molar-refractivity contribution in [3.63, 3.8) is 0 Å². The maximum Gasteiger partial charge on any atom is 0.187 e. The summed E-state index contributed by atoms with van der Waals surface area (Å²) in [6.45, 7) is 4.01. The first-order chi connectivity index (χ1) is 48.6. The van der Waals surface area contributed by atoms with Crippen molar-refractivity contribution < 1.29 is 178 Å². The first-order valence-corrected chi connectivity index (χ1v) is 36.1. The Kier molecular flexibility index (Phi) is 29.4. The van der Waals surface area contributed by atoms with Gasteiger partial charge in [-0.15, -0.1) is 0 Å². The Morgan fingerprint density at radius 1 is 0.373 bits per heavy atom. The summed E-state index contributed by atoms with van der Waals surface area (Å²) in [7, 11) is 0. The van der Waals surface area contributed by atoms with E-state index in [4.69, 9.17) is 71.1 Å². The molecule has 4 aliphatic carbocycles. The standard InChI is InChI=1S/C66H114O36/c1-5-6-26(2)29-7-8-30-40-31(19-39(66(29,30)4)90-13-16-93-61-55(87)49(81)58(38(25-72)99-61)102-64-52(84)46(78)43(75)35(22-69)96-64)65(3)10-9-28(88-11-14-91-59-53(85)47(79)56(36(23-70)97-59)100-62-50(82)44(76)41(73)33(20-67)94-62)17-27(65)18-32(40)89-12-15-92-60-54(86)48(80)57(37(24-71)98-60)101-63-51(83)45(77)42(74)34(21-68)95-63/h26-64,67-87H,5-25H2,1-4H3/t26-,27+,28-,29-,30+,31+,32-,33-,34-,35-,36-,37-,38-,39+,40+,41-,42-,43-,44+,45+,46+,47-,48-,49-,50-,51-,52-,53-,54-,55-,56-,57-,58-,59-,60-,61-,62-,63-,64-,65+,66-/m1/s1. The van der Waals surface area contributed by atoms with Gasteiger partial charge in [0.15, 0.2) is 37.7 Å². The molecule has 0 aromatic heterocycles. The van der Waals surface area contributed by atoms with Gasteiger partial charge in [0.05, 0.1) is 97.6 Å². The molecule has 10 rings (SSSR count). The highest BCUT2D eigenvalue weighted by Gasteiger charge is 2.67. The van der Waals surface area contributed by atoms with Crippen molar-refractivity contribution in [1.82, 2.24) is 0 Å². The van der Waals surface area contributed by atoms with Gasteiger partial charge in [0.25, 0.3) is 0 Å². The van der Waals surface area contributed by atoms with Crippen LogP contribution in [0, 0.1) is 46.3 Å². The van der Waals surface area contributed by atoms with Gasteiger partial charge in [0, 0.05) is 5.41 Å². The third-order valence-electron chi connectivity index (χ3n) is 24.2. The molecule has 0 aromatic rings. The van der Waals surface area contributed by atoms with E-state index in [9.17, 15) is 107 Å². The molecule has 0 unspecified atom stereocenters. The lowest BCUT2D eigenvalue weighted by Crippen LogP contribution is -2.64. The van der Waals surface area contributed by atoms with Gasteiger partial charge in [-0.3, -0.25) is 0 Å². The molecule has 21 N–H and O–H groups in total. The summed E-state index contributed by atoms with van der Waals surface area (Å²) in [5.74, 6) is 0.465. The molecule has 4 saturated carbocycles. The second kappa shape index (κ2) is 36.2. The summed E-state index contributed by atoms with van der Waals surface area (Å²) in [6.07, 6.45) is -43.5. The zero-order chi connectivity index (χ0) is 74.0. The number of hydrogen-bond donors (Lipinski definition) is 21. The van der Waals surface area contributed by atoms with E-state index in [1.54, 1.807) is 0 Å². The third kappa shape index (κ3) is 16.9. The molecule has 6 saturated heterocycles. The molecule has 6 aliphatic heterocycles. The number of ether oxygens (including phenoxy) is 15. The van der Waals surface area contributed by atoms with Crippen LogP contribution in [0.1, 0.15) is 85.5 Å². The predicted octanol–water partition coefficient (Wildman–Crippen LogP) is -8.62. The Hall–Kier alpha value is -1.44. The summed E-state index contributed by atoms with van der Waals surface area (Å²) >= 11 is 0. The van der Waals surface area contributed by atoms with Crippen LogP contribution in [0.3, 0.4) is 0 Å². The van der Waals surface area contributed by atoms with Crippen molar-refractivity contribution in [3.8, 4) is 0 Å². The van der Waals surface area contributed by atoms with Gasteiger partial charge < -0.3 is 178 Å². The topological polar surface area (TPSA) is 563 Å². The predicted molar refractivity (Wildman–Crippen MR) is 336 cm³/mol. The van der Waals surface area contributed by atoms with Gasteiger partial charge in [0.1, 0.15) is 146 Å². The van der Waals surface area contributed by atoms with E-state index in [0.29, 0.717) is 25.7 Å². The first-order valence-electron chi connectivity index (χ1n) is 36.1. The Labute approximate surface area is 590 Å². The Bertz CT molecular complexity index is 2510. The summed E-state index contributed by atoms with van der Waals surface area (Å²) in [6, 6.07) is 0. The lowest BCUT2D eigenvalue weighted by Gasteiger charge is -2.64. The number of rotatable bonds is 30. The first kappa shape index (κ1) is 83.0. The molecular formula is C66H114O36. The molecule has 594 valence electrons. The Morgan fingerprint density at radius 3 is 1.13 bits per heavy atom. The fourth-order valence-electron chi connectivity index (χ4n) is 18.5. The fraction of sp³-hybridized carbons (Fsp3) is 1.00. The van der Waals surface area contributed by atoms with Crippen LogP contribution in [-0.4, -0.2) is 389 Å². The molecule has 36 heteroatoms. The Balaban J connectivity index is 0.821. The minimum atomic E-state index is -1.86. The van der Waals surface area contributed by atoms with Crippen LogP contribution < -0.4 is 0 Å². The van der Waals surface area contributed by atoms with E-state index in [1.165, 1.54) is 0 Å². The molecule has 102 heavy (non-hydrogen) atoms. The number of fused-ring (bicyclic) bond motifs is 5. The quantitative estimate of drug-likeness (QED) is 0.0297. The van der Waals surface area contributed by atoms with Crippen LogP contribution >= 0.6 is 0 Å². The molecule has 0 spiro atoms. The monoisotopic (exact) mass is 1480 g/mol. The summed E-state index contributed by atoms with van der Waals surface area (Å²) in [4.78, 5) is 0. The van der Waals surface area contributed by atoms with E-state index in [1.807, 2.05) is 0 Å². The number of hydrogen-bond acceptors (Lipinski definition) is 36. The van der Waals surface area contributed by atoms with Gasteiger partial charge in [-0.1, -0.05) is 40.5 Å². The summed E-state index contributed by atoms with van der Waals surface area (Å²) < 4.78 is 90.0. The van der Waals surface area contributed by atoms with Crippen molar-refractivity contribution in [2.45, 2.75) is 288 Å². The average Bonchev–Trinajstić information content (AvgIpc) is 1.40. The zero-order valence-electron chi connectivity index (χ0n) is 57.9. The highest BCUT2D eigenvalue weighted by atomic mass is 16.8. The van der Waals surface area contributed by atoms with Gasteiger partial charge in [-0.2, -0.15) is 0 Å². The van der Waals surface area contributed by atoms with Gasteiger partial charge in [-0.05, 0) is 85.9 Å². The van der Waals surface area contributed by atoms with Crippen molar-refractivity contribution in [2.75, 3.05) is 79.3 Å². The van der Waals surface area contributed by atoms with E-state index in [2.05, 4.69) is 27.7 Å². The van der Waals surface area contributed by atoms with Crippen LogP contribution in [0.4, 0.5) is 0 Å². The summed E-state index contributed by atoms with van der Waals surface area (Å²) in [5, 5.41) is 222. The lowest BCUT2D eigenvalue weighted by molar-refractivity contribution is -0.360. The van der Waals surface area contributed by atoms with Crippen LogP contribution in [0.15, 0.2) is 0 Å². The molecule has 6 heterocycles. The maximum atomic E-state index is 11.4. The normalized spacial score (nSPS) is 51.0. The summed E-state index contributed by atoms with van der Waals surface area (Å²) in [5.41, 5.74) is -0.753. The molecule has 36 nitrogen and oxygen atoms in total. The van der Waals surface area contributed by atoms with Crippen molar-refractivity contribution in [2.24, 2.45) is 46.3 Å². The lowest BCUT2D eigenvalue weighted by atomic mass is 9.43. The van der Waals surface area contributed by atoms with E-state index in [-0.39, 0.29) is 98.9 Å². The molecular weight excluding hydrogens is 1370 g/mol. The smallest absolute Gasteiger partial charge is 0.187 e. The molecule has 0 amide bonds. The number of aliphatic hydroxyl groups is 21. The maximum absolute atomic E-state index is 11.4. The molecule has 0 aromatic carbocycles. The van der Waals surface area contributed by atoms with Gasteiger partial charge in [-0.25, -0.2) is 0 Å². The zero-order valence-corrected chi connectivity index (χ0v) is 57.9. The molecule has 10 fully saturated rings. The van der Waals surface area contributed by atoms with E-state index >= 15 is 0 Å². The van der Waals surface area contributed by atoms with E-state index < -0.39 is 229 Å². The second-order valence-corrected chi connectivity index (χ2v) is 29.9. The number of aliphatic hydroxyl groups excluding tert-OH is 21. The molecule has 41 atom stereocenters. The van der Waals surface area contributed by atoms with Crippen molar-refractivity contribution in [1.29, 1.82) is 0 Å². The largest absolute Gasteiger partial charge is 0.394 e. The van der Waals surface area contributed by atoms with Gasteiger partial charge in [0.2, 0.25) is 0 Å². The molecule has 0 bridgehead atoms. The molecule has 0 radical (unpaired) electrons. The van der Waals surface area contributed by atoms with Gasteiger partial charge >= 0.3 is 0 Å².